The predicted molar refractivity (Wildman–Crippen MR) is 71.5 cm³/mol. The molecule has 4 nitrogen and oxygen atoms in total. The van der Waals surface area contributed by atoms with E-state index in [1.165, 1.54) is 19.3 Å². The number of anilines is 1. The Kier molecular flexibility index (Phi) is 3.29. The van der Waals surface area contributed by atoms with E-state index in [4.69, 9.17) is 4.42 Å². The lowest BCUT2D eigenvalue weighted by Gasteiger charge is -2.34. The highest BCUT2D eigenvalue weighted by Crippen LogP contribution is 2.26. The zero-order chi connectivity index (χ0) is 12.5. The second-order valence-corrected chi connectivity index (χ2v) is 5.97. The van der Waals surface area contributed by atoms with Crippen LogP contribution in [-0.4, -0.2) is 24.1 Å². The lowest BCUT2D eigenvalue weighted by Crippen LogP contribution is -2.38. The number of oxazole rings is 1. The van der Waals surface area contributed by atoms with Gasteiger partial charge in [0.1, 0.15) is 6.26 Å². The topological polar surface area (TPSA) is 41.3 Å². The van der Waals surface area contributed by atoms with Gasteiger partial charge in [-0.2, -0.15) is 4.98 Å². The number of nitrogens with zero attached hydrogens (tertiary/aromatic N) is 2. The molecule has 0 amide bonds. The van der Waals surface area contributed by atoms with Gasteiger partial charge in [0.25, 0.3) is 6.01 Å². The number of piperidine rings is 1. The van der Waals surface area contributed by atoms with Crippen LogP contribution >= 0.6 is 0 Å². The molecule has 4 heteroatoms. The molecular formula is C14H23N3O. The number of aromatic nitrogens is 1. The van der Waals surface area contributed by atoms with Gasteiger partial charge in [-0.15, -0.1) is 0 Å². The number of hydrogen-bond donors (Lipinski definition) is 1. The normalized spacial score (nSPS) is 28.7. The van der Waals surface area contributed by atoms with E-state index in [1.54, 1.807) is 6.26 Å². The SMILES string of the molecule is CC1CCN(c2nc(CNC3CC3)co2)CC1C. The third-order valence-corrected chi connectivity index (χ3v) is 4.29. The second kappa shape index (κ2) is 4.92. The Balaban J connectivity index is 1.58. The molecule has 0 spiro atoms. The van der Waals surface area contributed by atoms with Crippen molar-refractivity contribution >= 4 is 6.01 Å². The van der Waals surface area contributed by atoms with Crippen LogP contribution in [-0.2, 0) is 6.54 Å². The Bertz CT molecular complexity index is 399. The summed E-state index contributed by atoms with van der Waals surface area (Å²) in [5.74, 6) is 1.53. The summed E-state index contributed by atoms with van der Waals surface area (Å²) in [4.78, 5) is 6.87. The van der Waals surface area contributed by atoms with E-state index < -0.39 is 0 Å². The third-order valence-electron chi connectivity index (χ3n) is 4.29. The van der Waals surface area contributed by atoms with E-state index in [9.17, 15) is 0 Å². The van der Waals surface area contributed by atoms with E-state index in [0.29, 0.717) is 0 Å². The number of rotatable bonds is 4. The highest BCUT2D eigenvalue weighted by atomic mass is 16.4. The van der Waals surface area contributed by atoms with E-state index >= 15 is 0 Å². The molecule has 1 saturated heterocycles. The van der Waals surface area contributed by atoms with Crippen molar-refractivity contribution in [3.05, 3.63) is 12.0 Å². The molecule has 3 rings (SSSR count). The monoisotopic (exact) mass is 249 g/mol. The van der Waals surface area contributed by atoms with Crippen molar-refractivity contribution in [3.63, 3.8) is 0 Å². The molecule has 1 aromatic heterocycles. The van der Waals surface area contributed by atoms with Gasteiger partial charge >= 0.3 is 0 Å². The van der Waals surface area contributed by atoms with Crippen molar-refractivity contribution in [1.82, 2.24) is 10.3 Å². The Morgan fingerprint density at radius 1 is 1.33 bits per heavy atom. The molecule has 2 fully saturated rings. The van der Waals surface area contributed by atoms with Crippen LogP contribution in [0, 0.1) is 11.8 Å². The van der Waals surface area contributed by atoms with Crippen LogP contribution in [0.15, 0.2) is 10.7 Å². The van der Waals surface area contributed by atoms with Gasteiger partial charge in [0.2, 0.25) is 0 Å². The average molecular weight is 249 g/mol. The van der Waals surface area contributed by atoms with Crippen molar-refractivity contribution in [3.8, 4) is 0 Å². The molecule has 2 heterocycles. The maximum absolute atomic E-state index is 5.62. The Labute approximate surface area is 109 Å². The lowest BCUT2D eigenvalue weighted by molar-refractivity contribution is 0.313. The summed E-state index contributed by atoms with van der Waals surface area (Å²) < 4.78 is 5.62. The first-order valence-corrected chi connectivity index (χ1v) is 7.15. The first kappa shape index (κ1) is 12.0. The minimum atomic E-state index is 0.721. The Hall–Kier alpha value is -1.03. The molecule has 1 aliphatic heterocycles. The van der Waals surface area contributed by atoms with Crippen LogP contribution in [0.2, 0.25) is 0 Å². The molecule has 1 N–H and O–H groups in total. The number of hydrogen-bond acceptors (Lipinski definition) is 4. The fourth-order valence-electron chi connectivity index (χ4n) is 2.50. The molecule has 18 heavy (non-hydrogen) atoms. The summed E-state index contributed by atoms with van der Waals surface area (Å²) in [6, 6.07) is 1.53. The van der Waals surface area contributed by atoms with Crippen molar-refractivity contribution in [2.75, 3.05) is 18.0 Å². The summed E-state index contributed by atoms with van der Waals surface area (Å²) in [5.41, 5.74) is 1.03. The van der Waals surface area contributed by atoms with Crippen LogP contribution in [0.25, 0.3) is 0 Å². The Morgan fingerprint density at radius 3 is 2.89 bits per heavy atom. The lowest BCUT2D eigenvalue weighted by atomic mass is 9.89. The van der Waals surface area contributed by atoms with E-state index in [0.717, 1.165) is 49.2 Å². The van der Waals surface area contributed by atoms with Crippen molar-refractivity contribution < 1.29 is 4.42 Å². The standard InChI is InChI=1S/C14H23N3O/c1-10-5-6-17(8-11(10)2)14-16-13(9-18-14)7-15-12-3-4-12/h9-12,15H,3-8H2,1-2H3. The minimum Gasteiger partial charge on any atom is -0.432 e. The highest BCUT2D eigenvalue weighted by Gasteiger charge is 2.26. The minimum absolute atomic E-state index is 0.721. The Morgan fingerprint density at radius 2 is 2.17 bits per heavy atom. The van der Waals surface area contributed by atoms with E-state index in [2.05, 4.69) is 29.0 Å². The van der Waals surface area contributed by atoms with Crippen molar-refractivity contribution in [2.24, 2.45) is 11.8 Å². The molecular weight excluding hydrogens is 226 g/mol. The van der Waals surface area contributed by atoms with Crippen LogP contribution in [0.4, 0.5) is 6.01 Å². The largest absolute Gasteiger partial charge is 0.432 e. The molecule has 1 aliphatic carbocycles. The van der Waals surface area contributed by atoms with Gasteiger partial charge in [-0.25, -0.2) is 0 Å². The zero-order valence-electron chi connectivity index (χ0n) is 11.4. The van der Waals surface area contributed by atoms with Gasteiger partial charge in [-0.05, 0) is 31.1 Å². The van der Waals surface area contributed by atoms with Gasteiger partial charge in [-0.1, -0.05) is 13.8 Å². The molecule has 1 saturated carbocycles. The molecule has 0 bridgehead atoms. The molecule has 2 unspecified atom stereocenters. The van der Waals surface area contributed by atoms with Crippen molar-refractivity contribution in [2.45, 2.75) is 45.7 Å². The van der Waals surface area contributed by atoms with Crippen LogP contribution < -0.4 is 10.2 Å². The fourth-order valence-corrected chi connectivity index (χ4v) is 2.50. The summed E-state index contributed by atoms with van der Waals surface area (Å²) in [6.07, 6.45) is 5.66. The predicted octanol–water partition coefficient (Wildman–Crippen LogP) is 2.41. The average Bonchev–Trinajstić information content (AvgIpc) is 3.08. The molecule has 0 radical (unpaired) electrons. The molecule has 1 aromatic rings. The van der Waals surface area contributed by atoms with Gasteiger partial charge in [0, 0.05) is 25.7 Å². The molecule has 0 aromatic carbocycles. The summed E-state index contributed by atoms with van der Waals surface area (Å²) in [7, 11) is 0. The second-order valence-electron chi connectivity index (χ2n) is 5.97. The molecule has 2 atom stereocenters. The summed E-state index contributed by atoms with van der Waals surface area (Å²) >= 11 is 0. The smallest absolute Gasteiger partial charge is 0.297 e. The maximum Gasteiger partial charge on any atom is 0.297 e. The van der Waals surface area contributed by atoms with Gasteiger partial charge in [0.05, 0.1) is 5.69 Å². The first-order chi connectivity index (χ1) is 8.72. The van der Waals surface area contributed by atoms with E-state index in [1.807, 2.05) is 0 Å². The van der Waals surface area contributed by atoms with Gasteiger partial charge in [0.15, 0.2) is 0 Å². The summed E-state index contributed by atoms with van der Waals surface area (Å²) in [5, 5.41) is 3.46. The van der Waals surface area contributed by atoms with Gasteiger partial charge in [-0.3, -0.25) is 0 Å². The summed E-state index contributed by atoms with van der Waals surface area (Å²) in [6.45, 7) is 7.63. The maximum atomic E-state index is 5.62. The number of nitrogens with one attached hydrogen (secondary N) is 1. The molecule has 100 valence electrons. The van der Waals surface area contributed by atoms with Gasteiger partial charge < -0.3 is 14.6 Å². The third kappa shape index (κ3) is 2.69. The van der Waals surface area contributed by atoms with E-state index in [-0.39, 0.29) is 0 Å². The highest BCUT2D eigenvalue weighted by molar-refractivity contribution is 5.28. The molecule has 2 aliphatic rings. The van der Waals surface area contributed by atoms with Crippen LogP contribution in [0.3, 0.4) is 0 Å². The van der Waals surface area contributed by atoms with Crippen LogP contribution in [0.1, 0.15) is 38.8 Å². The quantitative estimate of drug-likeness (QED) is 0.889. The van der Waals surface area contributed by atoms with Crippen molar-refractivity contribution in [1.29, 1.82) is 0 Å². The first-order valence-electron chi connectivity index (χ1n) is 7.15. The van der Waals surface area contributed by atoms with Crippen LogP contribution in [0.5, 0.6) is 0 Å². The zero-order valence-corrected chi connectivity index (χ0v) is 11.4. The fraction of sp³-hybridized carbons (Fsp3) is 0.786.